The number of hydrogen-bond acceptors (Lipinski definition) is 2. The molecular weight excluding hydrogens is 316 g/mol. The van der Waals surface area contributed by atoms with Gasteiger partial charge in [0, 0.05) is 12.2 Å². The highest BCUT2D eigenvalue weighted by molar-refractivity contribution is 7.80. The van der Waals surface area contributed by atoms with Crippen LogP contribution < -0.4 is 15.4 Å². The SMILES string of the molecule is COc1ccc(NC(=S)NCc2cccc3ccccc23)c(C)c1. The second kappa shape index (κ2) is 7.32. The van der Waals surface area contributed by atoms with Crippen LogP contribution in [-0.2, 0) is 6.54 Å². The van der Waals surface area contributed by atoms with Gasteiger partial charge in [0.15, 0.2) is 5.11 Å². The van der Waals surface area contributed by atoms with Crippen LogP contribution >= 0.6 is 12.2 Å². The molecule has 0 amide bonds. The third kappa shape index (κ3) is 3.66. The van der Waals surface area contributed by atoms with Crippen LogP contribution in [0.25, 0.3) is 10.8 Å². The summed E-state index contributed by atoms with van der Waals surface area (Å²) in [7, 11) is 1.66. The Hall–Kier alpha value is -2.59. The van der Waals surface area contributed by atoms with E-state index in [2.05, 4.69) is 53.1 Å². The van der Waals surface area contributed by atoms with E-state index in [1.165, 1.54) is 16.3 Å². The summed E-state index contributed by atoms with van der Waals surface area (Å²) in [6.07, 6.45) is 0. The summed E-state index contributed by atoms with van der Waals surface area (Å²) in [5.41, 5.74) is 3.29. The Bertz CT molecular complexity index is 871. The summed E-state index contributed by atoms with van der Waals surface area (Å²) in [5, 5.41) is 9.62. The van der Waals surface area contributed by atoms with Gasteiger partial charge < -0.3 is 15.4 Å². The number of thiocarbonyl (C=S) groups is 1. The molecule has 0 fully saturated rings. The van der Waals surface area contributed by atoms with Crippen LogP contribution in [0.1, 0.15) is 11.1 Å². The van der Waals surface area contributed by atoms with Crippen molar-refractivity contribution in [1.29, 1.82) is 0 Å². The molecular formula is C20H20N2OS. The van der Waals surface area contributed by atoms with E-state index in [9.17, 15) is 0 Å². The lowest BCUT2D eigenvalue weighted by molar-refractivity contribution is 0.414. The molecule has 3 nitrogen and oxygen atoms in total. The number of rotatable bonds is 4. The van der Waals surface area contributed by atoms with Gasteiger partial charge in [0.2, 0.25) is 0 Å². The third-order valence-corrected chi connectivity index (χ3v) is 4.25. The fraction of sp³-hybridized carbons (Fsp3) is 0.150. The lowest BCUT2D eigenvalue weighted by atomic mass is 10.0. The van der Waals surface area contributed by atoms with Gasteiger partial charge in [-0.15, -0.1) is 0 Å². The summed E-state index contributed by atoms with van der Waals surface area (Å²) >= 11 is 5.43. The fourth-order valence-electron chi connectivity index (χ4n) is 2.69. The van der Waals surface area contributed by atoms with Crippen LogP contribution in [0.5, 0.6) is 5.75 Å². The van der Waals surface area contributed by atoms with E-state index in [-0.39, 0.29) is 0 Å². The Morgan fingerprint density at radius 1 is 1.04 bits per heavy atom. The highest BCUT2D eigenvalue weighted by atomic mass is 32.1. The van der Waals surface area contributed by atoms with E-state index in [4.69, 9.17) is 17.0 Å². The van der Waals surface area contributed by atoms with Gasteiger partial charge in [0.25, 0.3) is 0 Å². The average molecular weight is 336 g/mol. The smallest absolute Gasteiger partial charge is 0.171 e. The molecule has 3 rings (SSSR count). The molecule has 122 valence electrons. The quantitative estimate of drug-likeness (QED) is 0.680. The zero-order valence-electron chi connectivity index (χ0n) is 13.8. The predicted octanol–water partition coefficient (Wildman–Crippen LogP) is 4.64. The van der Waals surface area contributed by atoms with Crippen molar-refractivity contribution >= 4 is 33.8 Å². The first kappa shape index (κ1) is 16.3. The van der Waals surface area contributed by atoms with Crippen molar-refractivity contribution in [3.05, 3.63) is 71.8 Å². The Labute approximate surface area is 147 Å². The number of anilines is 1. The zero-order valence-corrected chi connectivity index (χ0v) is 14.6. The lowest BCUT2D eigenvalue weighted by Crippen LogP contribution is -2.28. The maximum absolute atomic E-state index is 5.43. The largest absolute Gasteiger partial charge is 0.497 e. The van der Waals surface area contributed by atoms with E-state index in [1.54, 1.807) is 7.11 Å². The second-order valence-electron chi connectivity index (χ2n) is 5.63. The minimum absolute atomic E-state index is 0.608. The molecule has 3 aromatic rings. The monoisotopic (exact) mass is 336 g/mol. The summed E-state index contributed by atoms with van der Waals surface area (Å²) < 4.78 is 5.22. The Morgan fingerprint density at radius 2 is 1.83 bits per heavy atom. The highest BCUT2D eigenvalue weighted by Crippen LogP contribution is 2.21. The molecule has 0 radical (unpaired) electrons. The van der Waals surface area contributed by atoms with Gasteiger partial charge in [-0.3, -0.25) is 0 Å². The molecule has 0 spiro atoms. The van der Waals surface area contributed by atoms with Crippen LogP contribution in [0, 0.1) is 6.92 Å². The standard InChI is InChI=1S/C20H20N2OS/c1-14-12-17(23-2)10-11-19(14)22-20(24)21-13-16-8-5-7-15-6-3-4-9-18(15)16/h3-12H,13H2,1-2H3,(H2,21,22,24). The molecule has 0 unspecified atom stereocenters. The maximum atomic E-state index is 5.43. The van der Waals surface area contributed by atoms with Crippen molar-refractivity contribution in [2.45, 2.75) is 13.5 Å². The van der Waals surface area contributed by atoms with Crippen molar-refractivity contribution < 1.29 is 4.74 Å². The van der Waals surface area contributed by atoms with Crippen LogP contribution in [-0.4, -0.2) is 12.2 Å². The van der Waals surface area contributed by atoms with Crippen molar-refractivity contribution in [3.8, 4) is 5.75 Å². The molecule has 3 aromatic carbocycles. The number of methoxy groups -OCH3 is 1. The molecule has 2 N–H and O–H groups in total. The first-order valence-corrected chi connectivity index (χ1v) is 8.24. The number of benzene rings is 3. The topological polar surface area (TPSA) is 33.3 Å². The summed E-state index contributed by atoms with van der Waals surface area (Å²) in [6, 6.07) is 20.6. The average Bonchev–Trinajstić information content (AvgIpc) is 2.61. The number of ether oxygens (including phenoxy) is 1. The number of fused-ring (bicyclic) bond motifs is 1. The predicted molar refractivity (Wildman–Crippen MR) is 105 cm³/mol. The van der Waals surface area contributed by atoms with E-state index in [1.807, 2.05) is 25.1 Å². The molecule has 24 heavy (non-hydrogen) atoms. The molecule has 0 bridgehead atoms. The van der Waals surface area contributed by atoms with Gasteiger partial charge in [0.05, 0.1) is 7.11 Å². The number of hydrogen-bond donors (Lipinski definition) is 2. The highest BCUT2D eigenvalue weighted by Gasteiger charge is 2.04. The van der Waals surface area contributed by atoms with Crippen molar-refractivity contribution in [2.75, 3.05) is 12.4 Å². The van der Waals surface area contributed by atoms with Crippen molar-refractivity contribution in [3.63, 3.8) is 0 Å². The lowest BCUT2D eigenvalue weighted by Gasteiger charge is -2.14. The van der Waals surface area contributed by atoms with E-state index in [0.29, 0.717) is 11.7 Å². The van der Waals surface area contributed by atoms with Crippen LogP contribution in [0.15, 0.2) is 60.7 Å². The van der Waals surface area contributed by atoms with Gasteiger partial charge >= 0.3 is 0 Å². The van der Waals surface area contributed by atoms with E-state index < -0.39 is 0 Å². The molecule has 0 aliphatic carbocycles. The zero-order chi connectivity index (χ0) is 16.9. The van der Waals surface area contributed by atoms with Gasteiger partial charge in [-0.05, 0) is 59.2 Å². The molecule has 0 aliphatic rings. The van der Waals surface area contributed by atoms with E-state index >= 15 is 0 Å². The third-order valence-electron chi connectivity index (χ3n) is 4.00. The van der Waals surface area contributed by atoms with Gasteiger partial charge in [-0.1, -0.05) is 42.5 Å². The van der Waals surface area contributed by atoms with Gasteiger partial charge in [-0.2, -0.15) is 0 Å². The first-order chi connectivity index (χ1) is 11.7. The summed E-state index contributed by atoms with van der Waals surface area (Å²) in [5.74, 6) is 0.840. The first-order valence-electron chi connectivity index (χ1n) is 7.83. The molecule has 0 atom stereocenters. The van der Waals surface area contributed by atoms with Crippen molar-refractivity contribution in [2.24, 2.45) is 0 Å². The number of aryl methyl sites for hydroxylation is 1. The van der Waals surface area contributed by atoms with E-state index in [0.717, 1.165) is 17.0 Å². The summed E-state index contributed by atoms with van der Waals surface area (Å²) in [4.78, 5) is 0. The fourth-order valence-corrected chi connectivity index (χ4v) is 2.87. The van der Waals surface area contributed by atoms with Crippen molar-refractivity contribution in [1.82, 2.24) is 5.32 Å². The molecule has 0 aromatic heterocycles. The van der Waals surface area contributed by atoms with Crippen LogP contribution in [0.2, 0.25) is 0 Å². The molecule has 0 saturated carbocycles. The second-order valence-corrected chi connectivity index (χ2v) is 6.04. The maximum Gasteiger partial charge on any atom is 0.171 e. The normalized spacial score (nSPS) is 10.4. The Morgan fingerprint density at radius 3 is 2.62 bits per heavy atom. The molecule has 4 heteroatoms. The Balaban J connectivity index is 1.67. The molecule has 0 aliphatic heterocycles. The minimum Gasteiger partial charge on any atom is -0.497 e. The molecule has 0 saturated heterocycles. The Kier molecular flexibility index (Phi) is 4.96. The van der Waals surface area contributed by atoms with Gasteiger partial charge in [0.1, 0.15) is 5.75 Å². The van der Waals surface area contributed by atoms with Crippen LogP contribution in [0.4, 0.5) is 5.69 Å². The number of nitrogens with one attached hydrogen (secondary N) is 2. The minimum atomic E-state index is 0.608. The van der Waals surface area contributed by atoms with Gasteiger partial charge in [-0.25, -0.2) is 0 Å². The van der Waals surface area contributed by atoms with Crippen LogP contribution in [0.3, 0.4) is 0 Å². The summed E-state index contributed by atoms with van der Waals surface area (Å²) in [6.45, 7) is 2.71. The molecule has 0 heterocycles.